The maximum absolute atomic E-state index is 12.6. The number of hydrogen-bond acceptors (Lipinski definition) is 1. The summed E-state index contributed by atoms with van der Waals surface area (Å²) in [6.45, 7) is 1.51. The summed E-state index contributed by atoms with van der Waals surface area (Å²) in [4.78, 5) is 14.5. The molecule has 4 heteroatoms. The van der Waals surface area contributed by atoms with E-state index in [9.17, 15) is 4.79 Å². The van der Waals surface area contributed by atoms with E-state index in [1.807, 2.05) is 17.0 Å². The standard InChI is InChI=1S/C17H15BrClNO/c18-15-6-5-14(11-16(15)19)17(21)20-9-7-12-3-1-2-4-13(12)8-10-20/h1-6,11H,7-10H2. The number of nitrogens with zero attached hydrogens (tertiary/aromatic N) is 1. The van der Waals surface area contributed by atoms with E-state index in [0.717, 1.165) is 30.4 Å². The number of benzene rings is 2. The third kappa shape index (κ3) is 3.14. The van der Waals surface area contributed by atoms with E-state index in [0.29, 0.717) is 10.6 Å². The fraction of sp³-hybridized carbons (Fsp3) is 0.235. The minimum absolute atomic E-state index is 0.0530. The number of carbonyl (C=O) groups is 1. The molecule has 0 bridgehead atoms. The molecule has 2 aromatic rings. The summed E-state index contributed by atoms with van der Waals surface area (Å²) in [7, 11) is 0. The van der Waals surface area contributed by atoms with Crippen molar-refractivity contribution in [2.45, 2.75) is 12.8 Å². The maximum Gasteiger partial charge on any atom is 0.253 e. The number of rotatable bonds is 1. The molecule has 0 fully saturated rings. The van der Waals surface area contributed by atoms with Crippen molar-refractivity contribution in [1.29, 1.82) is 0 Å². The Morgan fingerprint density at radius 1 is 1.05 bits per heavy atom. The van der Waals surface area contributed by atoms with Crippen molar-refractivity contribution in [2.75, 3.05) is 13.1 Å². The lowest BCUT2D eigenvalue weighted by atomic mass is 10.0. The van der Waals surface area contributed by atoms with Gasteiger partial charge >= 0.3 is 0 Å². The molecule has 3 rings (SSSR count). The minimum Gasteiger partial charge on any atom is -0.338 e. The molecule has 0 atom stereocenters. The van der Waals surface area contributed by atoms with Crippen LogP contribution in [0.15, 0.2) is 46.9 Å². The summed E-state index contributed by atoms with van der Waals surface area (Å²) in [6.07, 6.45) is 1.82. The highest BCUT2D eigenvalue weighted by atomic mass is 79.9. The number of hydrogen-bond donors (Lipinski definition) is 0. The highest BCUT2D eigenvalue weighted by molar-refractivity contribution is 9.10. The molecular weight excluding hydrogens is 350 g/mol. The smallest absolute Gasteiger partial charge is 0.253 e. The van der Waals surface area contributed by atoms with Crippen molar-refractivity contribution in [2.24, 2.45) is 0 Å². The molecule has 2 nitrogen and oxygen atoms in total. The largest absolute Gasteiger partial charge is 0.338 e. The molecule has 0 unspecified atom stereocenters. The van der Waals surface area contributed by atoms with Crippen LogP contribution in [0.3, 0.4) is 0 Å². The summed E-state index contributed by atoms with van der Waals surface area (Å²) in [5.41, 5.74) is 3.34. The van der Waals surface area contributed by atoms with Crippen LogP contribution in [0.25, 0.3) is 0 Å². The van der Waals surface area contributed by atoms with Crippen molar-refractivity contribution in [3.05, 3.63) is 68.7 Å². The number of carbonyl (C=O) groups excluding carboxylic acids is 1. The molecule has 0 aliphatic carbocycles. The molecule has 1 aliphatic rings. The Bertz CT molecular complexity index is 659. The van der Waals surface area contributed by atoms with E-state index in [1.54, 1.807) is 6.07 Å². The third-order valence-corrected chi connectivity index (χ3v) is 5.11. The zero-order valence-electron chi connectivity index (χ0n) is 11.5. The molecule has 0 spiro atoms. The van der Waals surface area contributed by atoms with Gasteiger partial charge in [0, 0.05) is 23.1 Å². The quantitative estimate of drug-likeness (QED) is 0.737. The molecule has 1 amide bonds. The topological polar surface area (TPSA) is 20.3 Å². The normalized spacial score (nSPS) is 14.5. The van der Waals surface area contributed by atoms with Gasteiger partial charge in [-0.15, -0.1) is 0 Å². The fourth-order valence-electron chi connectivity index (χ4n) is 2.68. The molecular formula is C17H15BrClNO. The Balaban J connectivity index is 1.79. The average Bonchev–Trinajstić information content (AvgIpc) is 2.72. The van der Waals surface area contributed by atoms with Crippen LogP contribution in [0.2, 0.25) is 5.02 Å². The first-order valence-electron chi connectivity index (χ1n) is 6.96. The zero-order valence-corrected chi connectivity index (χ0v) is 13.8. The third-order valence-electron chi connectivity index (χ3n) is 3.87. The summed E-state index contributed by atoms with van der Waals surface area (Å²) in [5, 5.41) is 0.568. The first kappa shape index (κ1) is 14.6. The Labute approximate surface area is 137 Å². The molecule has 0 aromatic heterocycles. The van der Waals surface area contributed by atoms with Gasteiger partial charge in [0.2, 0.25) is 0 Å². The van der Waals surface area contributed by atoms with Gasteiger partial charge in [0.1, 0.15) is 0 Å². The number of amides is 1. The Morgan fingerprint density at radius 2 is 1.67 bits per heavy atom. The second kappa shape index (κ2) is 6.20. The Kier molecular flexibility index (Phi) is 4.32. The summed E-state index contributed by atoms with van der Waals surface area (Å²) >= 11 is 9.43. The highest BCUT2D eigenvalue weighted by Crippen LogP contribution is 2.24. The summed E-state index contributed by atoms with van der Waals surface area (Å²) in [6, 6.07) is 13.8. The van der Waals surface area contributed by atoms with Crippen LogP contribution in [-0.2, 0) is 12.8 Å². The van der Waals surface area contributed by atoms with Crippen LogP contribution >= 0.6 is 27.5 Å². The van der Waals surface area contributed by atoms with Crippen molar-refractivity contribution in [3.63, 3.8) is 0 Å². The lowest BCUT2D eigenvalue weighted by Crippen LogP contribution is -2.33. The molecule has 1 aliphatic heterocycles. The first-order valence-corrected chi connectivity index (χ1v) is 8.13. The predicted octanol–water partition coefficient (Wildman–Crippen LogP) is 4.34. The van der Waals surface area contributed by atoms with Crippen molar-refractivity contribution in [3.8, 4) is 0 Å². The van der Waals surface area contributed by atoms with Crippen LogP contribution in [0.1, 0.15) is 21.5 Å². The van der Waals surface area contributed by atoms with Crippen molar-refractivity contribution < 1.29 is 4.79 Å². The van der Waals surface area contributed by atoms with Gasteiger partial charge in [-0.3, -0.25) is 4.79 Å². The van der Waals surface area contributed by atoms with Crippen LogP contribution in [0.5, 0.6) is 0 Å². The molecule has 0 N–H and O–H groups in total. The molecule has 0 saturated carbocycles. The van der Waals surface area contributed by atoms with Crippen LogP contribution in [0, 0.1) is 0 Å². The number of halogens is 2. The molecule has 108 valence electrons. The van der Waals surface area contributed by atoms with Crippen LogP contribution in [0.4, 0.5) is 0 Å². The van der Waals surface area contributed by atoms with Gasteiger partial charge in [-0.2, -0.15) is 0 Å². The van der Waals surface area contributed by atoms with Gasteiger partial charge in [-0.05, 0) is 58.1 Å². The van der Waals surface area contributed by atoms with E-state index < -0.39 is 0 Å². The van der Waals surface area contributed by atoms with Crippen LogP contribution < -0.4 is 0 Å². The van der Waals surface area contributed by atoms with Gasteiger partial charge < -0.3 is 4.90 Å². The van der Waals surface area contributed by atoms with E-state index in [-0.39, 0.29) is 5.91 Å². The van der Waals surface area contributed by atoms with Gasteiger partial charge in [-0.25, -0.2) is 0 Å². The molecule has 1 heterocycles. The summed E-state index contributed by atoms with van der Waals surface area (Å²) < 4.78 is 0.809. The first-order chi connectivity index (χ1) is 10.1. The van der Waals surface area contributed by atoms with E-state index in [4.69, 9.17) is 11.6 Å². The van der Waals surface area contributed by atoms with Crippen molar-refractivity contribution >= 4 is 33.4 Å². The highest BCUT2D eigenvalue weighted by Gasteiger charge is 2.20. The van der Waals surface area contributed by atoms with Gasteiger partial charge in [-0.1, -0.05) is 35.9 Å². The molecule has 0 saturated heterocycles. The maximum atomic E-state index is 12.6. The fourth-order valence-corrected chi connectivity index (χ4v) is 3.11. The second-order valence-electron chi connectivity index (χ2n) is 5.19. The monoisotopic (exact) mass is 363 g/mol. The predicted molar refractivity (Wildman–Crippen MR) is 88.9 cm³/mol. The van der Waals surface area contributed by atoms with Gasteiger partial charge in [0.25, 0.3) is 5.91 Å². The van der Waals surface area contributed by atoms with Gasteiger partial charge in [0.15, 0.2) is 0 Å². The molecule has 0 radical (unpaired) electrons. The average molecular weight is 365 g/mol. The summed E-state index contributed by atoms with van der Waals surface area (Å²) in [5.74, 6) is 0.0530. The SMILES string of the molecule is O=C(c1ccc(Br)c(Cl)c1)N1CCc2ccccc2CC1. The molecule has 21 heavy (non-hydrogen) atoms. The van der Waals surface area contributed by atoms with Crippen molar-refractivity contribution in [1.82, 2.24) is 4.90 Å². The lowest BCUT2D eigenvalue weighted by Gasteiger charge is -2.20. The lowest BCUT2D eigenvalue weighted by molar-refractivity contribution is 0.0763. The van der Waals surface area contributed by atoms with Gasteiger partial charge in [0.05, 0.1) is 5.02 Å². The minimum atomic E-state index is 0.0530. The number of fused-ring (bicyclic) bond motifs is 1. The Morgan fingerprint density at radius 3 is 2.24 bits per heavy atom. The Hall–Kier alpha value is -1.32. The van der Waals surface area contributed by atoms with E-state index in [2.05, 4.69) is 40.2 Å². The van der Waals surface area contributed by atoms with Crippen LogP contribution in [-0.4, -0.2) is 23.9 Å². The van der Waals surface area contributed by atoms with E-state index in [1.165, 1.54) is 11.1 Å². The van der Waals surface area contributed by atoms with E-state index >= 15 is 0 Å². The second-order valence-corrected chi connectivity index (χ2v) is 6.45. The zero-order chi connectivity index (χ0) is 14.8. The molecule has 2 aromatic carbocycles.